The van der Waals surface area contributed by atoms with Crippen LogP contribution in [0.15, 0.2) is 59.0 Å². The third-order valence-corrected chi connectivity index (χ3v) is 4.11. The number of anilines is 1. The molecule has 3 aromatic rings. The summed E-state index contributed by atoms with van der Waals surface area (Å²) in [6.45, 7) is 4.55. The van der Waals surface area contributed by atoms with Crippen molar-refractivity contribution in [2.45, 2.75) is 26.6 Å². The molecule has 1 aromatic heterocycles. The van der Waals surface area contributed by atoms with Gasteiger partial charge in [0.2, 0.25) is 0 Å². The van der Waals surface area contributed by atoms with Gasteiger partial charge >= 0.3 is 6.18 Å². The molecule has 0 aliphatic carbocycles. The molecule has 0 saturated carbocycles. The summed E-state index contributed by atoms with van der Waals surface area (Å²) in [4.78, 5) is 0. The maximum atomic E-state index is 12.8. The molecule has 0 amide bonds. The number of aryl methyl sites for hydroxylation is 2. The standard InChI is InChI=1S/C20H18F3NO/c1-13-6-7-17(10-14(13)2)24-12-18-8-9-19(25-18)15-4-3-5-16(11-15)20(21,22)23/h3-11,24H,12H2,1-2H3. The van der Waals surface area contributed by atoms with Crippen LogP contribution in [0.5, 0.6) is 0 Å². The van der Waals surface area contributed by atoms with Gasteiger partial charge in [-0.3, -0.25) is 0 Å². The first-order valence-electron chi connectivity index (χ1n) is 7.90. The lowest BCUT2D eigenvalue weighted by molar-refractivity contribution is -0.137. The van der Waals surface area contributed by atoms with E-state index in [4.69, 9.17) is 4.42 Å². The Morgan fingerprint density at radius 3 is 2.44 bits per heavy atom. The van der Waals surface area contributed by atoms with Gasteiger partial charge in [-0.2, -0.15) is 13.2 Å². The molecule has 25 heavy (non-hydrogen) atoms. The van der Waals surface area contributed by atoms with E-state index in [1.54, 1.807) is 18.2 Å². The maximum Gasteiger partial charge on any atom is 0.416 e. The Kier molecular flexibility index (Phi) is 4.57. The predicted molar refractivity (Wildman–Crippen MR) is 92.4 cm³/mol. The summed E-state index contributed by atoms with van der Waals surface area (Å²) in [7, 11) is 0. The van der Waals surface area contributed by atoms with Crippen LogP contribution in [0.4, 0.5) is 18.9 Å². The van der Waals surface area contributed by atoms with Crippen molar-refractivity contribution in [2.75, 3.05) is 5.32 Å². The van der Waals surface area contributed by atoms with Gasteiger partial charge in [0.05, 0.1) is 12.1 Å². The van der Waals surface area contributed by atoms with Crippen LogP contribution in [0.1, 0.15) is 22.5 Å². The van der Waals surface area contributed by atoms with Crippen molar-refractivity contribution < 1.29 is 17.6 Å². The molecular formula is C20H18F3NO. The van der Waals surface area contributed by atoms with E-state index in [-0.39, 0.29) is 0 Å². The summed E-state index contributed by atoms with van der Waals surface area (Å²) >= 11 is 0. The molecule has 0 spiro atoms. The molecule has 0 unspecified atom stereocenters. The quantitative estimate of drug-likeness (QED) is 0.609. The molecular weight excluding hydrogens is 327 g/mol. The van der Waals surface area contributed by atoms with Crippen LogP contribution in [0.3, 0.4) is 0 Å². The molecule has 0 saturated heterocycles. The van der Waals surface area contributed by atoms with Crippen molar-refractivity contribution in [3.05, 3.63) is 77.0 Å². The van der Waals surface area contributed by atoms with Gasteiger partial charge < -0.3 is 9.73 Å². The molecule has 0 bridgehead atoms. The number of hydrogen-bond donors (Lipinski definition) is 1. The van der Waals surface area contributed by atoms with Crippen molar-refractivity contribution >= 4 is 5.69 Å². The highest BCUT2D eigenvalue weighted by Gasteiger charge is 2.30. The third-order valence-electron chi connectivity index (χ3n) is 4.11. The Morgan fingerprint density at radius 2 is 1.72 bits per heavy atom. The summed E-state index contributed by atoms with van der Waals surface area (Å²) in [5.41, 5.74) is 3.10. The average molecular weight is 345 g/mol. The zero-order chi connectivity index (χ0) is 18.0. The molecule has 0 aliphatic rings. The zero-order valence-corrected chi connectivity index (χ0v) is 13.9. The molecule has 0 atom stereocenters. The zero-order valence-electron chi connectivity index (χ0n) is 13.9. The van der Waals surface area contributed by atoms with Gasteiger partial charge in [-0.05, 0) is 61.4 Å². The van der Waals surface area contributed by atoms with Gasteiger partial charge in [0, 0.05) is 11.3 Å². The molecule has 0 aliphatic heterocycles. The van der Waals surface area contributed by atoms with Gasteiger partial charge in [-0.25, -0.2) is 0 Å². The van der Waals surface area contributed by atoms with Gasteiger partial charge in [0.1, 0.15) is 11.5 Å². The van der Waals surface area contributed by atoms with Crippen LogP contribution in [-0.2, 0) is 12.7 Å². The van der Waals surface area contributed by atoms with Crippen molar-refractivity contribution in [3.63, 3.8) is 0 Å². The van der Waals surface area contributed by atoms with Crippen LogP contribution >= 0.6 is 0 Å². The van der Waals surface area contributed by atoms with Crippen LogP contribution in [0.25, 0.3) is 11.3 Å². The van der Waals surface area contributed by atoms with E-state index >= 15 is 0 Å². The number of furan rings is 1. The molecule has 0 radical (unpaired) electrons. The van der Waals surface area contributed by atoms with Gasteiger partial charge in [0.25, 0.3) is 0 Å². The van der Waals surface area contributed by atoms with Crippen LogP contribution in [0, 0.1) is 13.8 Å². The van der Waals surface area contributed by atoms with Crippen molar-refractivity contribution in [1.29, 1.82) is 0 Å². The minimum absolute atomic E-state index is 0.409. The van der Waals surface area contributed by atoms with Crippen LogP contribution < -0.4 is 5.32 Å². The Bertz CT molecular complexity index is 881. The summed E-state index contributed by atoms with van der Waals surface area (Å²) in [6.07, 6.45) is -4.36. The lowest BCUT2D eigenvalue weighted by Crippen LogP contribution is -2.04. The Labute approximate surface area is 144 Å². The molecule has 1 heterocycles. The minimum Gasteiger partial charge on any atom is -0.459 e. The molecule has 2 aromatic carbocycles. The second-order valence-electron chi connectivity index (χ2n) is 6.00. The van der Waals surface area contributed by atoms with Gasteiger partial charge in [0.15, 0.2) is 0 Å². The Balaban J connectivity index is 1.73. The number of halogens is 3. The third kappa shape index (κ3) is 4.05. The van der Waals surface area contributed by atoms with E-state index in [1.807, 2.05) is 32.0 Å². The SMILES string of the molecule is Cc1ccc(NCc2ccc(-c3cccc(C(F)(F)F)c3)o2)cc1C. The number of nitrogens with one attached hydrogen (secondary N) is 1. The highest BCUT2D eigenvalue weighted by atomic mass is 19.4. The van der Waals surface area contributed by atoms with Gasteiger partial charge in [-0.15, -0.1) is 0 Å². The van der Waals surface area contributed by atoms with Crippen LogP contribution in [-0.4, -0.2) is 0 Å². The highest BCUT2D eigenvalue weighted by Crippen LogP contribution is 2.32. The number of alkyl halides is 3. The van der Waals surface area contributed by atoms with E-state index in [2.05, 4.69) is 5.32 Å². The fourth-order valence-electron chi connectivity index (χ4n) is 2.52. The molecule has 2 nitrogen and oxygen atoms in total. The van der Waals surface area contributed by atoms with E-state index in [0.717, 1.165) is 17.8 Å². The summed E-state index contributed by atoms with van der Waals surface area (Å²) < 4.78 is 44.1. The molecule has 130 valence electrons. The predicted octanol–water partition coefficient (Wildman–Crippen LogP) is 6.19. The highest BCUT2D eigenvalue weighted by molar-refractivity contribution is 5.59. The van der Waals surface area contributed by atoms with E-state index < -0.39 is 11.7 Å². The van der Waals surface area contributed by atoms with Gasteiger partial charge in [-0.1, -0.05) is 18.2 Å². The monoisotopic (exact) mass is 345 g/mol. The number of hydrogen-bond acceptors (Lipinski definition) is 2. The van der Waals surface area contributed by atoms with Crippen molar-refractivity contribution in [1.82, 2.24) is 0 Å². The Morgan fingerprint density at radius 1 is 0.920 bits per heavy atom. The second-order valence-corrected chi connectivity index (χ2v) is 6.00. The molecule has 0 fully saturated rings. The van der Waals surface area contributed by atoms with Crippen LogP contribution in [0.2, 0.25) is 0 Å². The number of benzene rings is 2. The molecule has 5 heteroatoms. The first-order valence-corrected chi connectivity index (χ1v) is 7.90. The van der Waals surface area contributed by atoms with E-state index in [0.29, 0.717) is 23.6 Å². The maximum absolute atomic E-state index is 12.8. The lowest BCUT2D eigenvalue weighted by Gasteiger charge is -2.08. The van der Waals surface area contributed by atoms with Crippen molar-refractivity contribution in [2.24, 2.45) is 0 Å². The summed E-state index contributed by atoms with van der Waals surface area (Å²) in [5, 5.41) is 3.26. The molecule has 1 N–H and O–H groups in total. The minimum atomic E-state index is -4.36. The fraction of sp³-hybridized carbons (Fsp3) is 0.200. The average Bonchev–Trinajstić information content (AvgIpc) is 3.04. The Hall–Kier alpha value is -2.69. The van der Waals surface area contributed by atoms with E-state index in [9.17, 15) is 13.2 Å². The fourth-order valence-corrected chi connectivity index (χ4v) is 2.52. The summed E-state index contributed by atoms with van der Waals surface area (Å²) in [6, 6.07) is 14.7. The summed E-state index contributed by atoms with van der Waals surface area (Å²) in [5.74, 6) is 1.08. The normalized spacial score (nSPS) is 11.6. The van der Waals surface area contributed by atoms with Crippen molar-refractivity contribution in [3.8, 4) is 11.3 Å². The largest absolute Gasteiger partial charge is 0.459 e. The molecule has 3 rings (SSSR count). The lowest BCUT2D eigenvalue weighted by atomic mass is 10.1. The smallest absolute Gasteiger partial charge is 0.416 e. The first-order chi connectivity index (χ1) is 11.8. The topological polar surface area (TPSA) is 25.2 Å². The first kappa shape index (κ1) is 17.1. The number of rotatable bonds is 4. The van der Waals surface area contributed by atoms with E-state index in [1.165, 1.54) is 17.2 Å². The second kappa shape index (κ2) is 6.67.